The molecule has 0 spiro atoms. The van der Waals surface area contributed by atoms with Gasteiger partial charge in [-0.3, -0.25) is 0 Å². The highest BCUT2D eigenvalue weighted by molar-refractivity contribution is 5.49. The van der Waals surface area contributed by atoms with E-state index in [0.717, 1.165) is 16.9 Å². The number of nitrogens with two attached hydrogens (primary N) is 1. The van der Waals surface area contributed by atoms with Gasteiger partial charge in [0.25, 0.3) is 0 Å². The second-order valence-corrected chi connectivity index (χ2v) is 4.47. The number of rotatable bonds is 3. The van der Waals surface area contributed by atoms with Crippen molar-refractivity contribution in [1.29, 1.82) is 0 Å². The van der Waals surface area contributed by atoms with Crippen molar-refractivity contribution < 1.29 is 4.39 Å². The Kier molecular flexibility index (Phi) is 3.01. The molecule has 0 radical (unpaired) electrons. The van der Waals surface area contributed by atoms with Crippen molar-refractivity contribution in [3.05, 3.63) is 71.4 Å². The van der Waals surface area contributed by atoms with Gasteiger partial charge in [-0.2, -0.15) is 0 Å². The Bertz CT molecular complexity index is 718. The van der Waals surface area contributed by atoms with Gasteiger partial charge in [-0.05, 0) is 17.7 Å². The first kappa shape index (κ1) is 11.9. The third-order valence-electron chi connectivity index (χ3n) is 3.16. The Balaban J connectivity index is 2.00. The Morgan fingerprint density at radius 2 is 1.89 bits per heavy atom. The number of benzene rings is 1. The molecule has 3 aromatic rings. The highest BCUT2D eigenvalue weighted by Crippen LogP contribution is 2.15. The smallest absolute Gasteiger partial charge is 0.141 e. The van der Waals surface area contributed by atoms with Crippen LogP contribution in [0.25, 0.3) is 5.65 Å². The van der Waals surface area contributed by atoms with Gasteiger partial charge in [0.1, 0.15) is 11.5 Å². The molecule has 3 rings (SSSR count). The molecule has 2 heterocycles. The first-order valence-electron chi connectivity index (χ1n) is 6.17. The molecule has 0 atom stereocenters. The summed E-state index contributed by atoms with van der Waals surface area (Å²) in [7, 11) is 0. The molecule has 2 aromatic heterocycles. The molecule has 96 valence electrons. The van der Waals surface area contributed by atoms with Crippen molar-refractivity contribution in [3.63, 3.8) is 0 Å². The van der Waals surface area contributed by atoms with Crippen LogP contribution >= 0.6 is 0 Å². The van der Waals surface area contributed by atoms with Crippen LogP contribution in [0, 0.1) is 5.82 Å². The molecule has 0 aliphatic carbocycles. The standard InChI is InChI=1S/C15H14FN3/c16-14-6-2-1-4-11(14)8-13-10-19-7-3-5-12(9-17)15(19)18-13/h1-7,10H,8-9,17H2. The van der Waals surface area contributed by atoms with Crippen LogP contribution in [-0.2, 0) is 13.0 Å². The summed E-state index contributed by atoms with van der Waals surface area (Å²) in [6.07, 6.45) is 4.33. The number of nitrogens with zero attached hydrogens (tertiary/aromatic N) is 2. The summed E-state index contributed by atoms with van der Waals surface area (Å²) in [4.78, 5) is 4.54. The molecule has 0 saturated carbocycles. The Hall–Kier alpha value is -2.20. The zero-order valence-corrected chi connectivity index (χ0v) is 10.4. The van der Waals surface area contributed by atoms with E-state index in [1.165, 1.54) is 6.07 Å². The van der Waals surface area contributed by atoms with Crippen molar-refractivity contribution in [2.45, 2.75) is 13.0 Å². The van der Waals surface area contributed by atoms with Gasteiger partial charge in [-0.1, -0.05) is 24.3 Å². The normalized spacial score (nSPS) is 11.1. The van der Waals surface area contributed by atoms with Crippen LogP contribution in [0.5, 0.6) is 0 Å². The fourth-order valence-corrected chi connectivity index (χ4v) is 2.20. The minimum absolute atomic E-state index is 0.196. The van der Waals surface area contributed by atoms with Crippen LogP contribution in [0.15, 0.2) is 48.8 Å². The van der Waals surface area contributed by atoms with Crippen molar-refractivity contribution >= 4 is 5.65 Å². The zero-order chi connectivity index (χ0) is 13.2. The van der Waals surface area contributed by atoms with Gasteiger partial charge in [0.15, 0.2) is 0 Å². The number of hydrogen-bond donors (Lipinski definition) is 1. The van der Waals surface area contributed by atoms with Gasteiger partial charge in [0, 0.05) is 30.9 Å². The van der Waals surface area contributed by atoms with Crippen LogP contribution in [0.1, 0.15) is 16.8 Å². The first-order valence-corrected chi connectivity index (χ1v) is 6.17. The predicted molar refractivity (Wildman–Crippen MR) is 72.3 cm³/mol. The van der Waals surface area contributed by atoms with E-state index in [-0.39, 0.29) is 5.82 Å². The molecule has 2 N–H and O–H groups in total. The van der Waals surface area contributed by atoms with E-state index in [1.807, 2.05) is 35.0 Å². The second kappa shape index (κ2) is 4.82. The number of aromatic nitrogens is 2. The lowest BCUT2D eigenvalue weighted by Gasteiger charge is -1.99. The Morgan fingerprint density at radius 3 is 2.68 bits per heavy atom. The minimum Gasteiger partial charge on any atom is -0.326 e. The summed E-state index contributed by atoms with van der Waals surface area (Å²) in [5.74, 6) is -0.196. The summed E-state index contributed by atoms with van der Waals surface area (Å²) < 4.78 is 15.6. The van der Waals surface area contributed by atoms with Gasteiger partial charge in [-0.25, -0.2) is 9.37 Å². The molecule has 0 aliphatic rings. The van der Waals surface area contributed by atoms with Crippen molar-refractivity contribution in [3.8, 4) is 0 Å². The number of halogens is 1. The van der Waals surface area contributed by atoms with Crippen LogP contribution in [-0.4, -0.2) is 9.38 Å². The van der Waals surface area contributed by atoms with Gasteiger partial charge in [0.2, 0.25) is 0 Å². The van der Waals surface area contributed by atoms with E-state index in [2.05, 4.69) is 4.98 Å². The monoisotopic (exact) mass is 255 g/mol. The van der Waals surface area contributed by atoms with Crippen molar-refractivity contribution in [2.75, 3.05) is 0 Å². The first-order chi connectivity index (χ1) is 9.28. The largest absolute Gasteiger partial charge is 0.326 e. The number of fused-ring (bicyclic) bond motifs is 1. The molecule has 0 amide bonds. The molecular weight excluding hydrogens is 241 g/mol. The molecule has 0 fully saturated rings. The van der Waals surface area contributed by atoms with Gasteiger partial charge in [0.05, 0.1) is 5.69 Å². The van der Waals surface area contributed by atoms with E-state index in [9.17, 15) is 4.39 Å². The molecule has 4 heteroatoms. The third-order valence-corrected chi connectivity index (χ3v) is 3.16. The maximum absolute atomic E-state index is 13.6. The topological polar surface area (TPSA) is 43.3 Å². The van der Waals surface area contributed by atoms with E-state index in [4.69, 9.17) is 5.73 Å². The van der Waals surface area contributed by atoms with Crippen LogP contribution in [0.3, 0.4) is 0 Å². The molecule has 19 heavy (non-hydrogen) atoms. The third kappa shape index (κ3) is 2.22. The maximum Gasteiger partial charge on any atom is 0.141 e. The minimum atomic E-state index is -0.196. The second-order valence-electron chi connectivity index (χ2n) is 4.47. The van der Waals surface area contributed by atoms with E-state index in [1.54, 1.807) is 12.1 Å². The highest BCUT2D eigenvalue weighted by Gasteiger charge is 2.08. The van der Waals surface area contributed by atoms with Gasteiger partial charge in [-0.15, -0.1) is 0 Å². The van der Waals surface area contributed by atoms with E-state index in [0.29, 0.717) is 18.5 Å². The zero-order valence-electron chi connectivity index (χ0n) is 10.4. The molecule has 0 unspecified atom stereocenters. The lowest BCUT2D eigenvalue weighted by molar-refractivity contribution is 0.613. The number of hydrogen-bond acceptors (Lipinski definition) is 2. The SMILES string of the molecule is NCc1cccn2cc(Cc3ccccc3F)nc12. The molecule has 0 aliphatic heterocycles. The van der Waals surface area contributed by atoms with Crippen LogP contribution < -0.4 is 5.73 Å². The van der Waals surface area contributed by atoms with Crippen molar-refractivity contribution in [1.82, 2.24) is 9.38 Å². The summed E-state index contributed by atoms with van der Waals surface area (Å²) in [5.41, 5.74) is 9.01. The van der Waals surface area contributed by atoms with E-state index < -0.39 is 0 Å². The summed E-state index contributed by atoms with van der Waals surface area (Å²) >= 11 is 0. The summed E-state index contributed by atoms with van der Waals surface area (Å²) in [6, 6.07) is 10.7. The quantitative estimate of drug-likeness (QED) is 0.781. The summed E-state index contributed by atoms with van der Waals surface area (Å²) in [6.45, 7) is 0.445. The molecule has 1 aromatic carbocycles. The lowest BCUT2D eigenvalue weighted by atomic mass is 10.1. The van der Waals surface area contributed by atoms with Crippen LogP contribution in [0.4, 0.5) is 4.39 Å². The molecule has 0 bridgehead atoms. The summed E-state index contributed by atoms with van der Waals surface area (Å²) in [5, 5.41) is 0. The molecule has 3 nitrogen and oxygen atoms in total. The number of pyridine rings is 1. The fourth-order valence-electron chi connectivity index (χ4n) is 2.20. The average Bonchev–Trinajstić information content (AvgIpc) is 2.83. The Morgan fingerprint density at radius 1 is 1.11 bits per heavy atom. The van der Waals surface area contributed by atoms with Crippen molar-refractivity contribution in [2.24, 2.45) is 5.73 Å². The van der Waals surface area contributed by atoms with Gasteiger partial charge < -0.3 is 10.1 Å². The number of imidazole rings is 1. The molecular formula is C15H14FN3. The molecule has 0 saturated heterocycles. The lowest BCUT2D eigenvalue weighted by Crippen LogP contribution is -1.99. The predicted octanol–water partition coefficient (Wildman–Crippen LogP) is 2.52. The van der Waals surface area contributed by atoms with Gasteiger partial charge >= 0.3 is 0 Å². The Labute approximate surface area is 110 Å². The van der Waals surface area contributed by atoms with Crippen LogP contribution in [0.2, 0.25) is 0 Å². The van der Waals surface area contributed by atoms with E-state index >= 15 is 0 Å². The maximum atomic E-state index is 13.6. The average molecular weight is 255 g/mol. The highest BCUT2D eigenvalue weighted by atomic mass is 19.1. The fraction of sp³-hybridized carbons (Fsp3) is 0.133.